The van der Waals surface area contributed by atoms with Gasteiger partial charge in [0, 0.05) is 28.9 Å². The zero-order chi connectivity index (χ0) is 24.7. The number of rotatable bonds is 11. The quantitative estimate of drug-likeness (QED) is 0.275. The number of aliphatic carboxylic acids is 1. The molecule has 2 atom stereocenters. The van der Waals surface area contributed by atoms with E-state index < -0.39 is 41.1 Å². The summed E-state index contributed by atoms with van der Waals surface area (Å²) in [7, 11) is 1.50. The Balaban J connectivity index is 1.78. The summed E-state index contributed by atoms with van der Waals surface area (Å²) < 4.78 is 10.5. The lowest BCUT2D eigenvalue weighted by Crippen LogP contribution is -2.44. The van der Waals surface area contributed by atoms with Crippen molar-refractivity contribution < 1.29 is 28.6 Å². The van der Waals surface area contributed by atoms with Gasteiger partial charge in [0.25, 0.3) is 0 Å². The van der Waals surface area contributed by atoms with E-state index in [0.717, 1.165) is 5.56 Å². The van der Waals surface area contributed by atoms with Crippen molar-refractivity contribution in [2.24, 2.45) is 5.73 Å². The normalized spacial score (nSPS) is 12.6. The molecule has 34 heavy (non-hydrogen) atoms. The van der Waals surface area contributed by atoms with Gasteiger partial charge in [-0.2, -0.15) is 11.8 Å². The van der Waals surface area contributed by atoms with Crippen LogP contribution in [0.4, 0.5) is 0 Å². The fraction of sp³-hybridized carbons (Fsp3) is 0.250. The fourth-order valence-electron chi connectivity index (χ4n) is 3.22. The van der Waals surface area contributed by atoms with Crippen LogP contribution in [0.25, 0.3) is 11.0 Å². The number of carbonyl (C=O) groups is 3. The summed E-state index contributed by atoms with van der Waals surface area (Å²) in [4.78, 5) is 48.3. The summed E-state index contributed by atoms with van der Waals surface area (Å²) in [6.45, 7) is -0.526. The molecule has 2 aromatic carbocycles. The van der Waals surface area contributed by atoms with Gasteiger partial charge in [0.1, 0.15) is 23.4 Å². The number of Topliss-reactive ketones (excluding diaryl/α,β-unsaturated/α-hetero) is 1. The molecular formula is C24H24N2O7S. The molecule has 1 aromatic heterocycles. The highest BCUT2D eigenvalue weighted by Crippen LogP contribution is 2.33. The largest absolute Gasteiger partial charge is 0.497 e. The maximum Gasteiger partial charge on any atom is 0.347 e. The van der Waals surface area contributed by atoms with E-state index in [-0.39, 0.29) is 17.7 Å². The van der Waals surface area contributed by atoms with Crippen LogP contribution < -0.4 is 21.4 Å². The number of carboxylic acid groups (broad SMARTS) is 1. The first kappa shape index (κ1) is 25.0. The summed E-state index contributed by atoms with van der Waals surface area (Å²) >= 11 is 1.28. The third kappa shape index (κ3) is 6.46. The molecule has 0 aliphatic carbocycles. The van der Waals surface area contributed by atoms with Crippen molar-refractivity contribution in [3.63, 3.8) is 0 Å². The molecule has 178 valence electrons. The lowest BCUT2D eigenvalue weighted by Gasteiger charge is -2.19. The highest BCUT2D eigenvalue weighted by Gasteiger charge is 2.23. The van der Waals surface area contributed by atoms with E-state index in [1.807, 2.05) is 30.3 Å². The molecule has 3 aromatic rings. The molecule has 0 aliphatic heterocycles. The van der Waals surface area contributed by atoms with Crippen LogP contribution in [0.1, 0.15) is 27.6 Å². The van der Waals surface area contributed by atoms with Crippen LogP contribution in [0.2, 0.25) is 0 Å². The molecule has 10 heteroatoms. The Morgan fingerprint density at radius 3 is 2.56 bits per heavy atom. The van der Waals surface area contributed by atoms with Gasteiger partial charge in [-0.15, -0.1) is 0 Å². The van der Waals surface area contributed by atoms with Crippen LogP contribution in [0, 0.1) is 0 Å². The second-order valence-electron chi connectivity index (χ2n) is 7.43. The summed E-state index contributed by atoms with van der Waals surface area (Å²) in [6.07, 6.45) is -0.0232. The number of nitrogens with one attached hydrogen (secondary N) is 1. The van der Waals surface area contributed by atoms with E-state index in [4.69, 9.17) is 20.0 Å². The van der Waals surface area contributed by atoms with E-state index in [9.17, 15) is 19.2 Å². The van der Waals surface area contributed by atoms with Gasteiger partial charge in [-0.25, -0.2) is 4.79 Å². The third-order valence-electron chi connectivity index (χ3n) is 5.01. The number of amides is 1. The molecule has 0 aliphatic rings. The molecule has 9 nitrogen and oxygen atoms in total. The monoisotopic (exact) mass is 484 g/mol. The first-order chi connectivity index (χ1) is 16.3. The van der Waals surface area contributed by atoms with Crippen LogP contribution in [0.5, 0.6) is 5.75 Å². The molecule has 0 spiro atoms. The minimum Gasteiger partial charge on any atom is -0.497 e. The Bertz CT molecular complexity index is 1240. The molecule has 1 unspecified atom stereocenters. The molecule has 0 fully saturated rings. The van der Waals surface area contributed by atoms with Crippen molar-refractivity contribution in [2.45, 2.75) is 17.7 Å². The number of fused-ring (bicyclic) bond motifs is 1. The zero-order valence-electron chi connectivity index (χ0n) is 18.4. The standard InChI is InChI=1S/C24H24N2O7S/c1-32-16-8-7-15-9-17(24(31)33-20(15)10-16)19(27)11-21(14-5-3-2-4-6-14)34-13-18(25)23(30)26-12-22(28)29/h2-10,18,21H,11-13,25H2,1H3,(H,26,30)(H,28,29)/t18-,21?/m0/s1. The number of carbonyl (C=O) groups excluding carboxylic acids is 2. The second-order valence-corrected chi connectivity index (χ2v) is 8.66. The average molecular weight is 485 g/mol. The van der Waals surface area contributed by atoms with Gasteiger partial charge in [0.2, 0.25) is 5.91 Å². The van der Waals surface area contributed by atoms with Crippen molar-refractivity contribution in [3.8, 4) is 5.75 Å². The van der Waals surface area contributed by atoms with Crippen molar-refractivity contribution >= 4 is 40.4 Å². The Hall–Kier alpha value is -3.63. The molecule has 0 bridgehead atoms. The zero-order valence-corrected chi connectivity index (χ0v) is 19.2. The van der Waals surface area contributed by atoms with E-state index in [2.05, 4.69) is 5.32 Å². The van der Waals surface area contributed by atoms with Crippen LogP contribution in [0.3, 0.4) is 0 Å². The van der Waals surface area contributed by atoms with E-state index in [1.165, 1.54) is 24.9 Å². The van der Waals surface area contributed by atoms with Crippen molar-refractivity contribution in [2.75, 3.05) is 19.4 Å². The highest BCUT2D eigenvalue weighted by atomic mass is 32.2. The number of hydrogen-bond acceptors (Lipinski definition) is 8. The fourth-order valence-corrected chi connectivity index (χ4v) is 4.43. The van der Waals surface area contributed by atoms with E-state index in [0.29, 0.717) is 16.7 Å². The number of hydrogen-bond donors (Lipinski definition) is 3. The van der Waals surface area contributed by atoms with Gasteiger partial charge in [-0.05, 0) is 23.8 Å². The molecule has 4 N–H and O–H groups in total. The predicted molar refractivity (Wildman–Crippen MR) is 128 cm³/mol. The van der Waals surface area contributed by atoms with Crippen molar-refractivity contribution in [3.05, 3.63) is 76.1 Å². The van der Waals surface area contributed by atoms with Gasteiger partial charge in [0.15, 0.2) is 5.78 Å². The second kappa shape index (κ2) is 11.5. The number of carboxylic acids is 1. The number of methoxy groups -OCH3 is 1. The SMILES string of the molecule is COc1ccc2cc(C(=O)CC(SC[C@H](N)C(=O)NCC(=O)O)c3ccccc3)c(=O)oc2c1. The topological polar surface area (TPSA) is 149 Å². The van der Waals surface area contributed by atoms with Gasteiger partial charge < -0.3 is 25.3 Å². The average Bonchev–Trinajstić information content (AvgIpc) is 2.84. The minimum absolute atomic E-state index is 0.0232. The van der Waals surface area contributed by atoms with E-state index >= 15 is 0 Å². The Morgan fingerprint density at radius 2 is 1.88 bits per heavy atom. The molecule has 0 saturated heterocycles. The van der Waals surface area contributed by atoms with Gasteiger partial charge >= 0.3 is 11.6 Å². The lowest BCUT2D eigenvalue weighted by molar-refractivity contribution is -0.138. The summed E-state index contributed by atoms with van der Waals surface area (Å²) in [5.74, 6) is -1.51. The predicted octanol–water partition coefficient (Wildman–Crippen LogP) is 2.38. The third-order valence-corrected chi connectivity index (χ3v) is 6.41. The maximum absolute atomic E-state index is 13.1. The van der Waals surface area contributed by atoms with E-state index in [1.54, 1.807) is 18.2 Å². The molecular weight excluding hydrogens is 460 g/mol. The molecule has 3 rings (SSSR count). The first-order valence-corrected chi connectivity index (χ1v) is 11.4. The first-order valence-electron chi connectivity index (χ1n) is 10.3. The number of ketones is 1. The van der Waals surface area contributed by atoms with Crippen LogP contribution >= 0.6 is 11.8 Å². The molecule has 0 saturated carbocycles. The number of nitrogens with two attached hydrogens (primary N) is 1. The Labute approximate surface area is 199 Å². The molecule has 0 radical (unpaired) electrons. The van der Waals surface area contributed by atoms with Gasteiger partial charge in [-0.3, -0.25) is 14.4 Å². The lowest BCUT2D eigenvalue weighted by atomic mass is 10.0. The summed E-state index contributed by atoms with van der Waals surface area (Å²) in [5.41, 5.74) is 6.23. The van der Waals surface area contributed by atoms with Crippen LogP contribution in [-0.2, 0) is 9.59 Å². The molecule has 1 amide bonds. The van der Waals surface area contributed by atoms with Gasteiger partial charge in [0.05, 0.1) is 13.2 Å². The number of ether oxygens (including phenoxy) is 1. The molecule has 1 heterocycles. The van der Waals surface area contributed by atoms with Crippen molar-refractivity contribution in [1.29, 1.82) is 0 Å². The number of thioether (sulfide) groups is 1. The smallest absolute Gasteiger partial charge is 0.347 e. The Kier molecular flexibility index (Phi) is 8.44. The summed E-state index contributed by atoms with van der Waals surface area (Å²) in [6, 6.07) is 14.7. The maximum atomic E-state index is 13.1. The van der Waals surface area contributed by atoms with Gasteiger partial charge in [-0.1, -0.05) is 30.3 Å². The Morgan fingerprint density at radius 1 is 1.15 bits per heavy atom. The van der Waals surface area contributed by atoms with Crippen LogP contribution in [-0.4, -0.2) is 48.2 Å². The van der Waals surface area contributed by atoms with Crippen molar-refractivity contribution in [1.82, 2.24) is 5.32 Å². The minimum atomic E-state index is -1.17. The summed E-state index contributed by atoms with van der Waals surface area (Å²) in [5, 5.41) is 11.1. The van der Waals surface area contributed by atoms with Crippen LogP contribution in [0.15, 0.2) is 63.8 Å². The number of benzene rings is 2. The highest BCUT2D eigenvalue weighted by molar-refractivity contribution is 7.99.